The van der Waals surface area contributed by atoms with Gasteiger partial charge in [0, 0.05) is 27.9 Å². The van der Waals surface area contributed by atoms with Crippen molar-refractivity contribution < 1.29 is 4.79 Å². The number of halogens is 2. The first kappa shape index (κ1) is 22.7. The van der Waals surface area contributed by atoms with Crippen molar-refractivity contribution in [3.05, 3.63) is 75.5 Å². The van der Waals surface area contributed by atoms with E-state index < -0.39 is 0 Å². The van der Waals surface area contributed by atoms with Crippen LogP contribution in [0.1, 0.15) is 48.6 Å². The first-order chi connectivity index (χ1) is 14.4. The lowest BCUT2D eigenvalue weighted by Gasteiger charge is -2.22. The lowest BCUT2D eigenvalue weighted by atomic mass is 10.0. The van der Waals surface area contributed by atoms with E-state index in [2.05, 4.69) is 29.4 Å². The molecule has 0 aliphatic heterocycles. The highest BCUT2D eigenvalue weighted by atomic mass is 35.5. The Kier molecular flexibility index (Phi) is 7.81. The van der Waals surface area contributed by atoms with Crippen molar-refractivity contribution in [2.75, 3.05) is 0 Å². The number of carbonyl (C=O) groups excluding carboxylic acids is 1. The number of nitrogens with zero attached hydrogens (tertiary/aromatic N) is 3. The standard InChI is InChI=1S/C22H24Cl2N4OS/c1-4-28-20(19(14(2)3)25-21(29)15-8-6-5-7-9-15)26-27-22(28)30-13-16-10-11-17(23)12-18(16)24/h5-12,14,19H,4,13H2,1-3H3,(H,25,29). The maximum absolute atomic E-state index is 12.7. The second kappa shape index (κ2) is 10.3. The number of nitrogens with one attached hydrogen (secondary N) is 1. The molecule has 0 saturated heterocycles. The van der Waals surface area contributed by atoms with Crippen molar-refractivity contribution in [3.8, 4) is 0 Å². The van der Waals surface area contributed by atoms with Crippen molar-refractivity contribution in [1.82, 2.24) is 20.1 Å². The summed E-state index contributed by atoms with van der Waals surface area (Å²) >= 11 is 13.8. The first-order valence-electron chi connectivity index (χ1n) is 9.76. The molecule has 2 aromatic carbocycles. The highest BCUT2D eigenvalue weighted by Gasteiger charge is 2.26. The van der Waals surface area contributed by atoms with Gasteiger partial charge in [0.25, 0.3) is 5.91 Å². The van der Waals surface area contributed by atoms with Gasteiger partial charge in [0.2, 0.25) is 0 Å². The zero-order valence-electron chi connectivity index (χ0n) is 17.1. The summed E-state index contributed by atoms with van der Waals surface area (Å²) in [6.07, 6.45) is 0. The maximum atomic E-state index is 12.7. The normalized spacial score (nSPS) is 12.2. The molecule has 3 rings (SSSR count). The van der Waals surface area contributed by atoms with Gasteiger partial charge in [0.05, 0.1) is 6.04 Å². The summed E-state index contributed by atoms with van der Waals surface area (Å²) in [5.41, 5.74) is 1.61. The largest absolute Gasteiger partial charge is 0.342 e. The second-order valence-electron chi connectivity index (χ2n) is 7.17. The maximum Gasteiger partial charge on any atom is 0.251 e. The predicted octanol–water partition coefficient (Wildman–Crippen LogP) is 6.02. The molecule has 0 aliphatic rings. The minimum absolute atomic E-state index is 0.123. The summed E-state index contributed by atoms with van der Waals surface area (Å²) < 4.78 is 2.05. The average Bonchev–Trinajstić information content (AvgIpc) is 3.14. The number of benzene rings is 2. The van der Waals surface area contributed by atoms with E-state index in [-0.39, 0.29) is 17.9 Å². The van der Waals surface area contributed by atoms with Crippen LogP contribution in [0.4, 0.5) is 0 Å². The Hall–Kier alpha value is -2.02. The molecular weight excluding hydrogens is 439 g/mol. The number of amides is 1. The second-order valence-corrected chi connectivity index (χ2v) is 8.96. The van der Waals surface area contributed by atoms with Crippen molar-refractivity contribution in [2.45, 2.75) is 44.3 Å². The third kappa shape index (κ3) is 5.36. The summed E-state index contributed by atoms with van der Waals surface area (Å²) in [5, 5.41) is 14.0. The van der Waals surface area contributed by atoms with Crippen LogP contribution in [0.3, 0.4) is 0 Å². The van der Waals surface area contributed by atoms with Crippen molar-refractivity contribution in [2.24, 2.45) is 5.92 Å². The van der Waals surface area contributed by atoms with Gasteiger partial charge < -0.3 is 9.88 Å². The summed E-state index contributed by atoms with van der Waals surface area (Å²) in [5.74, 6) is 1.43. The Labute approximate surface area is 191 Å². The fraction of sp³-hybridized carbons (Fsp3) is 0.318. The molecule has 1 N–H and O–H groups in total. The summed E-state index contributed by atoms with van der Waals surface area (Å²) in [6, 6.07) is 14.4. The molecule has 3 aromatic rings. The smallest absolute Gasteiger partial charge is 0.251 e. The molecule has 30 heavy (non-hydrogen) atoms. The van der Waals surface area contributed by atoms with E-state index in [0.29, 0.717) is 27.9 Å². The van der Waals surface area contributed by atoms with Gasteiger partial charge >= 0.3 is 0 Å². The van der Waals surface area contributed by atoms with Crippen molar-refractivity contribution >= 4 is 40.9 Å². The summed E-state index contributed by atoms with van der Waals surface area (Å²) in [6.45, 7) is 6.86. The lowest BCUT2D eigenvalue weighted by Crippen LogP contribution is -2.33. The molecule has 0 radical (unpaired) electrons. The number of hydrogen-bond donors (Lipinski definition) is 1. The molecule has 8 heteroatoms. The van der Waals surface area contributed by atoms with Crippen LogP contribution in [0.15, 0.2) is 53.7 Å². The van der Waals surface area contributed by atoms with Crippen LogP contribution in [0, 0.1) is 5.92 Å². The third-order valence-electron chi connectivity index (χ3n) is 4.70. The summed E-state index contributed by atoms with van der Waals surface area (Å²) in [7, 11) is 0. The van der Waals surface area contributed by atoms with Crippen LogP contribution < -0.4 is 5.32 Å². The highest BCUT2D eigenvalue weighted by Crippen LogP contribution is 2.30. The fourth-order valence-corrected chi connectivity index (χ4v) is 4.63. The minimum atomic E-state index is -0.251. The molecule has 1 unspecified atom stereocenters. The van der Waals surface area contributed by atoms with E-state index in [1.165, 1.54) is 0 Å². The number of thioether (sulfide) groups is 1. The third-order valence-corrected chi connectivity index (χ3v) is 6.30. The average molecular weight is 463 g/mol. The van der Waals surface area contributed by atoms with E-state index in [1.54, 1.807) is 30.0 Å². The monoisotopic (exact) mass is 462 g/mol. The lowest BCUT2D eigenvalue weighted by molar-refractivity contribution is 0.0922. The molecule has 0 fully saturated rings. The number of hydrogen-bond acceptors (Lipinski definition) is 4. The van der Waals surface area contributed by atoms with Gasteiger partial charge in [-0.25, -0.2) is 0 Å². The SMILES string of the molecule is CCn1c(SCc2ccc(Cl)cc2Cl)nnc1C(NC(=O)c1ccccc1)C(C)C. The number of rotatable bonds is 8. The Morgan fingerprint density at radius 1 is 1.13 bits per heavy atom. The topological polar surface area (TPSA) is 59.8 Å². The molecular formula is C22H24Cl2N4OS. The van der Waals surface area contributed by atoms with Gasteiger partial charge in [0.15, 0.2) is 11.0 Å². The minimum Gasteiger partial charge on any atom is -0.342 e. The Morgan fingerprint density at radius 2 is 1.87 bits per heavy atom. The van der Waals surface area contributed by atoms with E-state index in [4.69, 9.17) is 23.2 Å². The molecule has 0 bridgehead atoms. The Balaban J connectivity index is 1.80. The van der Waals surface area contributed by atoms with Gasteiger partial charge in [-0.05, 0) is 42.7 Å². The highest BCUT2D eigenvalue weighted by molar-refractivity contribution is 7.98. The quantitative estimate of drug-likeness (QED) is 0.415. The van der Waals surface area contributed by atoms with E-state index in [0.717, 1.165) is 16.5 Å². The molecule has 1 atom stereocenters. The molecule has 0 spiro atoms. The van der Waals surface area contributed by atoms with Crippen LogP contribution in [0.25, 0.3) is 0 Å². The fourth-order valence-electron chi connectivity index (χ4n) is 3.06. The molecule has 158 valence electrons. The molecule has 5 nitrogen and oxygen atoms in total. The van der Waals surface area contributed by atoms with Crippen LogP contribution in [-0.4, -0.2) is 20.7 Å². The van der Waals surface area contributed by atoms with E-state index in [1.807, 2.05) is 41.8 Å². The van der Waals surface area contributed by atoms with Gasteiger partial charge in [-0.2, -0.15) is 0 Å². The first-order valence-corrected chi connectivity index (χ1v) is 11.5. The van der Waals surface area contributed by atoms with Gasteiger partial charge in [-0.15, -0.1) is 10.2 Å². The Bertz CT molecular complexity index is 1010. The van der Waals surface area contributed by atoms with Crippen molar-refractivity contribution in [3.63, 3.8) is 0 Å². The zero-order chi connectivity index (χ0) is 21.7. The molecule has 1 aromatic heterocycles. The zero-order valence-corrected chi connectivity index (χ0v) is 19.4. The van der Waals surface area contributed by atoms with Gasteiger partial charge in [-0.1, -0.05) is 73.1 Å². The van der Waals surface area contributed by atoms with E-state index >= 15 is 0 Å². The van der Waals surface area contributed by atoms with E-state index in [9.17, 15) is 4.79 Å². The van der Waals surface area contributed by atoms with Crippen LogP contribution in [-0.2, 0) is 12.3 Å². The van der Waals surface area contributed by atoms with Crippen LogP contribution in [0.5, 0.6) is 0 Å². The Morgan fingerprint density at radius 3 is 2.50 bits per heavy atom. The molecule has 1 heterocycles. The molecule has 0 aliphatic carbocycles. The van der Waals surface area contributed by atoms with Crippen LogP contribution >= 0.6 is 35.0 Å². The number of aromatic nitrogens is 3. The van der Waals surface area contributed by atoms with Crippen LogP contribution in [0.2, 0.25) is 10.0 Å². The predicted molar refractivity (Wildman–Crippen MR) is 123 cm³/mol. The summed E-state index contributed by atoms with van der Waals surface area (Å²) in [4.78, 5) is 12.7. The molecule has 0 saturated carbocycles. The number of carbonyl (C=O) groups is 1. The van der Waals surface area contributed by atoms with Crippen molar-refractivity contribution in [1.29, 1.82) is 0 Å². The van der Waals surface area contributed by atoms with Gasteiger partial charge in [0.1, 0.15) is 0 Å². The molecule has 1 amide bonds. The van der Waals surface area contributed by atoms with Gasteiger partial charge in [-0.3, -0.25) is 4.79 Å².